The summed E-state index contributed by atoms with van der Waals surface area (Å²) >= 11 is 0. The molecule has 3 heterocycles. The van der Waals surface area contributed by atoms with Crippen molar-refractivity contribution in [1.29, 1.82) is 0 Å². The minimum Gasteiger partial charge on any atom is -0.497 e. The van der Waals surface area contributed by atoms with Gasteiger partial charge in [0.25, 0.3) is 0 Å². The second-order valence-corrected chi connectivity index (χ2v) is 7.42. The molecular weight excluding hydrogens is 362 g/mol. The maximum atomic E-state index is 5.26. The molecule has 1 fully saturated rings. The second kappa shape index (κ2) is 7.62. The van der Waals surface area contributed by atoms with Crippen LogP contribution in [0.15, 0.2) is 60.8 Å². The summed E-state index contributed by atoms with van der Waals surface area (Å²) in [4.78, 5) is 16.4. The Kier molecular flexibility index (Phi) is 4.68. The number of anilines is 4. The van der Waals surface area contributed by atoms with E-state index in [4.69, 9.17) is 9.72 Å². The lowest BCUT2D eigenvalue weighted by atomic mass is 10.2. The van der Waals surface area contributed by atoms with Gasteiger partial charge in [0.1, 0.15) is 11.6 Å². The zero-order valence-corrected chi connectivity index (χ0v) is 16.7. The summed E-state index contributed by atoms with van der Waals surface area (Å²) in [5.74, 6) is 2.69. The molecular formula is C23H25N5O. The van der Waals surface area contributed by atoms with Crippen molar-refractivity contribution in [2.45, 2.75) is 6.42 Å². The summed E-state index contributed by atoms with van der Waals surface area (Å²) in [6, 6.07) is 18.9. The van der Waals surface area contributed by atoms with Crippen molar-refractivity contribution in [2.75, 3.05) is 54.5 Å². The highest BCUT2D eigenvalue weighted by atomic mass is 16.5. The molecule has 1 saturated heterocycles. The number of rotatable bonds is 4. The molecule has 2 aliphatic heterocycles. The zero-order chi connectivity index (χ0) is 19.6. The molecule has 1 aromatic heterocycles. The van der Waals surface area contributed by atoms with E-state index < -0.39 is 0 Å². The quantitative estimate of drug-likeness (QED) is 0.683. The van der Waals surface area contributed by atoms with E-state index in [0.29, 0.717) is 0 Å². The Morgan fingerprint density at radius 1 is 0.828 bits per heavy atom. The fraction of sp³-hybridized carbons (Fsp3) is 0.304. The van der Waals surface area contributed by atoms with Crippen molar-refractivity contribution in [2.24, 2.45) is 0 Å². The molecule has 0 N–H and O–H groups in total. The van der Waals surface area contributed by atoms with Crippen LogP contribution in [0, 0.1) is 0 Å². The molecule has 2 aliphatic rings. The predicted molar refractivity (Wildman–Crippen MR) is 117 cm³/mol. The van der Waals surface area contributed by atoms with Crippen molar-refractivity contribution in [3.8, 4) is 5.75 Å². The van der Waals surface area contributed by atoms with E-state index in [0.717, 1.165) is 56.7 Å². The van der Waals surface area contributed by atoms with Crippen LogP contribution in [0.25, 0.3) is 0 Å². The summed E-state index contributed by atoms with van der Waals surface area (Å²) in [5, 5.41) is 0. The molecule has 0 spiro atoms. The van der Waals surface area contributed by atoms with Gasteiger partial charge in [-0.2, -0.15) is 4.98 Å². The largest absolute Gasteiger partial charge is 0.497 e. The SMILES string of the molecule is COc1ccc(N2CCN(c3nccc(N4CCc5ccccc54)n3)CC2)cc1. The second-order valence-electron chi connectivity index (χ2n) is 7.42. The van der Waals surface area contributed by atoms with E-state index in [1.165, 1.54) is 16.9 Å². The van der Waals surface area contributed by atoms with Gasteiger partial charge in [-0.25, -0.2) is 4.98 Å². The molecule has 29 heavy (non-hydrogen) atoms. The average Bonchev–Trinajstić information content (AvgIpc) is 3.24. The number of para-hydroxylation sites is 1. The minimum absolute atomic E-state index is 0.821. The molecule has 148 valence electrons. The minimum atomic E-state index is 0.821. The molecule has 0 unspecified atom stereocenters. The Morgan fingerprint density at radius 2 is 1.59 bits per heavy atom. The third kappa shape index (κ3) is 3.46. The molecule has 2 aromatic carbocycles. The van der Waals surface area contributed by atoms with E-state index in [9.17, 15) is 0 Å². The third-order valence-electron chi connectivity index (χ3n) is 5.79. The van der Waals surface area contributed by atoms with Crippen molar-refractivity contribution in [1.82, 2.24) is 9.97 Å². The van der Waals surface area contributed by atoms with Crippen LogP contribution in [0.2, 0.25) is 0 Å². The lowest BCUT2D eigenvalue weighted by molar-refractivity contribution is 0.415. The summed E-state index contributed by atoms with van der Waals surface area (Å²) in [7, 11) is 1.70. The standard InChI is InChI=1S/C23H25N5O/c1-29-20-8-6-19(7-9-20)26-14-16-27(17-15-26)23-24-12-10-22(25-23)28-13-11-18-4-2-3-5-21(18)28/h2-10,12H,11,13-17H2,1H3. The molecule has 0 bridgehead atoms. The van der Waals surface area contributed by atoms with Crippen LogP contribution in [0.1, 0.15) is 5.56 Å². The molecule has 0 saturated carbocycles. The topological polar surface area (TPSA) is 44.7 Å². The molecule has 0 aliphatic carbocycles. The Bertz CT molecular complexity index is 983. The first-order valence-corrected chi connectivity index (χ1v) is 10.1. The van der Waals surface area contributed by atoms with Crippen molar-refractivity contribution in [3.05, 3.63) is 66.4 Å². The van der Waals surface area contributed by atoms with E-state index >= 15 is 0 Å². The number of benzene rings is 2. The number of ether oxygens (including phenoxy) is 1. The summed E-state index contributed by atoms with van der Waals surface area (Å²) < 4.78 is 5.26. The molecule has 0 atom stereocenters. The zero-order valence-electron chi connectivity index (χ0n) is 16.7. The summed E-state index contributed by atoms with van der Waals surface area (Å²) in [6.45, 7) is 4.69. The predicted octanol–water partition coefficient (Wildman–Crippen LogP) is 3.51. The highest BCUT2D eigenvalue weighted by Gasteiger charge is 2.23. The highest BCUT2D eigenvalue weighted by Crippen LogP contribution is 2.33. The van der Waals surface area contributed by atoms with Crippen molar-refractivity contribution >= 4 is 23.1 Å². The highest BCUT2D eigenvalue weighted by molar-refractivity contribution is 5.68. The molecule has 0 amide bonds. The average molecular weight is 387 g/mol. The number of hydrogen-bond acceptors (Lipinski definition) is 6. The van der Waals surface area contributed by atoms with Gasteiger partial charge in [-0.05, 0) is 48.4 Å². The fourth-order valence-corrected chi connectivity index (χ4v) is 4.18. The number of piperazine rings is 1. The van der Waals surface area contributed by atoms with Crippen LogP contribution < -0.4 is 19.4 Å². The Balaban J connectivity index is 1.29. The summed E-state index contributed by atoms with van der Waals surface area (Å²) in [5.41, 5.74) is 3.89. The smallest absolute Gasteiger partial charge is 0.227 e. The first-order valence-electron chi connectivity index (χ1n) is 10.1. The van der Waals surface area contributed by atoms with Crippen LogP contribution in [0.5, 0.6) is 5.75 Å². The number of fused-ring (bicyclic) bond motifs is 1. The number of methoxy groups -OCH3 is 1. The van der Waals surface area contributed by atoms with Crippen LogP contribution in [-0.4, -0.2) is 49.8 Å². The van der Waals surface area contributed by atoms with Gasteiger partial charge >= 0.3 is 0 Å². The van der Waals surface area contributed by atoms with Gasteiger partial charge in [0.2, 0.25) is 5.95 Å². The van der Waals surface area contributed by atoms with Gasteiger partial charge in [0.15, 0.2) is 0 Å². The van der Waals surface area contributed by atoms with E-state index in [1.807, 2.05) is 24.4 Å². The van der Waals surface area contributed by atoms with Gasteiger partial charge in [0, 0.05) is 50.3 Å². The lowest BCUT2D eigenvalue weighted by Crippen LogP contribution is -2.47. The van der Waals surface area contributed by atoms with Crippen molar-refractivity contribution < 1.29 is 4.74 Å². The fourth-order valence-electron chi connectivity index (χ4n) is 4.18. The van der Waals surface area contributed by atoms with Gasteiger partial charge in [0.05, 0.1) is 7.11 Å². The number of hydrogen-bond donors (Lipinski definition) is 0. The maximum absolute atomic E-state index is 5.26. The number of nitrogens with zero attached hydrogens (tertiary/aromatic N) is 5. The molecule has 6 heteroatoms. The molecule has 3 aromatic rings. The van der Waals surface area contributed by atoms with Crippen LogP contribution in [0.3, 0.4) is 0 Å². The van der Waals surface area contributed by atoms with E-state index in [-0.39, 0.29) is 0 Å². The van der Waals surface area contributed by atoms with E-state index in [1.54, 1.807) is 7.11 Å². The Hall–Kier alpha value is -3.28. The van der Waals surface area contributed by atoms with Crippen molar-refractivity contribution in [3.63, 3.8) is 0 Å². The van der Waals surface area contributed by atoms with Gasteiger partial charge in [-0.15, -0.1) is 0 Å². The third-order valence-corrected chi connectivity index (χ3v) is 5.79. The first-order chi connectivity index (χ1) is 14.3. The Morgan fingerprint density at radius 3 is 2.38 bits per heavy atom. The molecule has 6 nitrogen and oxygen atoms in total. The van der Waals surface area contributed by atoms with Gasteiger partial charge in [-0.1, -0.05) is 18.2 Å². The monoisotopic (exact) mass is 387 g/mol. The molecule has 0 radical (unpaired) electrons. The number of aromatic nitrogens is 2. The van der Waals surface area contributed by atoms with Gasteiger partial charge < -0.3 is 19.4 Å². The maximum Gasteiger partial charge on any atom is 0.227 e. The summed E-state index contributed by atoms with van der Waals surface area (Å²) in [6.07, 6.45) is 2.95. The van der Waals surface area contributed by atoms with Crippen LogP contribution >= 0.6 is 0 Å². The normalized spacial score (nSPS) is 16.1. The first kappa shape index (κ1) is 17.8. The lowest BCUT2D eigenvalue weighted by Gasteiger charge is -2.36. The van der Waals surface area contributed by atoms with Crippen LogP contribution in [-0.2, 0) is 6.42 Å². The van der Waals surface area contributed by atoms with Gasteiger partial charge in [-0.3, -0.25) is 0 Å². The molecule has 5 rings (SSSR count). The van der Waals surface area contributed by atoms with E-state index in [2.05, 4.69) is 56.1 Å². The Labute approximate surface area is 171 Å². The van der Waals surface area contributed by atoms with Crippen LogP contribution in [0.4, 0.5) is 23.1 Å².